The maximum absolute atomic E-state index is 10.5. The zero-order chi connectivity index (χ0) is 12.1. The SMILES string of the molecule is Cc1cc(C=CCC(N)=O)ncc1[N+](=O)[O-]. The summed E-state index contributed by atoms with van der Waals surface area (Å²) in [5.41, 5.74) is 6.02. The molecule has 84 valence electrons. The second kappa shape index (κ2) is 5.01. The van der Waals surface area contributed by atoms with E-state index < -0.39 is 10.8 Å². The third-order valence-electron chi connectivity index (χ3n) is 1.91. The lowest BCUT2D eigenvalue weighted by atomic mass is 10.2. The van der Waals surface area contributed by atoms with Gasteiger partial charge in [0, 0.05) is 12.0 Å². The molecule has 1 heterocycles. The second-order valence-corrected chi connectivity index (χ2v) is 3.23. The van der Waals surface area contributed by atoms with Crippen LogP contribution in [-0.2, 0) is 4.79 Å². The molecule has 0 aliphatic carbocycles. The summed E-state index contributed by atoms with van der Waals surface area (Å²) in [4.78, 5) is 24.4. The molecule has 1 amide bonds. The molecule has 6 nitrogen and oxygen atoms in total. The quantitative estimate of drug-likeness (QED) is 0.609. The number of carbonyl (C=O) groups is 1. The van der Waals surface area contributed by atoms with Crippen molar-refractivity contribution in [3.8, 4) is 0 Å². The van der Waals surface area contributed by atoms with Crippen LogP contribution in [0.1, 0.15) is 17.7 Å². The number of aromatic nitrogens is 1. The number of pyridine rings is 1. The number of primary amides is 1. The zero-order valence-electron chi connectivity index (χ0n) is 8.71. The van der Waals surface area contributed by atoms with Crippen LogP contribution in [0.5, 0.6) is 0 Å². The van der Waals surface area contributed by atoms with Gasteiger partial charge in [0.1, 0.15) is 6.20 Å². The highest BCUT2D eigenvalue weighted by Crippen LogP contribution is 2.16. The van der Waals surface area contributed by atoms with Gasteiger partial charge in [-0.05, 0) is 19.1 Å². The maximum Gasteiger partial charge on any atom is 0.290 e. The summed E-state index contributed by atoms with van der Waals surface area (Å²) in [6.45, 7) is 1.63. The standard InChI is InChI=1S/C10H11N3O3/c1-7-5-8(3-2-4-10(11)14)12-6-9(7)13(15)16/h2-3,5-6H,4H2,1H3,(H2,11,14). The Hall–Kier alpha value is -2.24. The fourth-order valence-corrected chi connectivity index (χ4v) is 1.15. The van der Waals surface area contributed by atoms with E-state index in [1.807, 2.05) is 0 Å². The van der Waals surface area contributed by atoms with E-state index in [-0.39, 0.29) is 12.1 Å². The molecule has 1 aromatic heterocycles. The summed E-state index contributed by atoms with van der Waals surface area (Å²) in [5.74, 6) is -0.435. The van der Waals surface area contributed by atoms with Crippen LogP contribution in [0.25, 0.3) is 6.08 Å². The Bertz CT molecular complexity index is 455. The first kappa shape index (κ1) is 11.8. The van der Waals surface area contributed by atoms with Crippen LogP contribution in [-0.4, -0.2) is 15.8 Å². The van der Waals surface area contributed by atoms with Gasteiger partial charge >= 0.3 is 0 Å². The minimum Gasteiger partial charge on any atom is -0.369 e. The first-order valence-electron chi connectivity index (χ1n) is 4.56. The minimum atomic E-state index is -0.487. The minimum absolute atomic E-state index is 0.0212. The van der Waals surface area contributed by atoms with Crippen LogP contribution in [0.3, 0.4) is 0 Å². The van der Waals surface area contributed by atoms with Gasteiger partial charge in [0.05, 0.1) is 10.6 Å². The van der Waals surface area contributed by atoms with Gasteiger partial charge in [-0.25, -0.2) is 4.98 Å². The summed E-state index contributed by atoms with van der Waals surface area (Å²) in [6.07, 6.45) is 4.48. The van der Waals surface area contributed by atoms with Crippen molar-refractivity contribution in [1.82, 2.24) is 4.98 Å². The summed E-state index contributed by atoms with van der Waals surface area (Å²) < 4.78 is 0. The smallest absolute Gasteiger partial charge is 0.290 e. The molecule has 0 aliphatic rings. The van der Waals surface area contributed by atoms with Crippen molar-refractivity contribution < 1.29 is 9.72 Å². The monoisotopic (exact) mass is 221 g/mol. The van der Waals surface area contributed by atoms with Crippen molar-refractivity contribution in [3.05, 3.63) is 39.7 Å². The average Bonchev–Trinajstić information content (AvgIpc) is 2.16. The summed E-state index contributed by atoms with van der Waals surface area (Å²) in [5, 5.41) is 10.5. The van der Waals surface area contributed by atoms with E-state index in [2.05, 4.69) is 4.98 Å². The lowest BCUT2D eigenvalue weighted by Crippen LogP contribution is -2.07. The molecule has 2 N–H and O–H groups in total. The maximum atomic E-state index is 10.5. The lowest BCUT2D eigenvalue weighted by Gasteiger charge is -1.97. The average molecular weight is 221 g/mol. The number of nitro groups is 1. The fourth-order valence-electron chi connectivity index (χ4n) is 1.15. The molecule has 0 unspecified atom stereocenters. The van der Waals surface area contributed by atoms with Crippen molar-refractivity contribution in [3.63, 3.8) is 0 Å². The number of carbonyl (C=O) groups excluding carboxylic acids is 1. The Kier molecular flexibility index (Phi) is 3.71. The fraction of sp³-hybridized carbons (Fsp3) is 0.200. The normalized spacial score (nSPS) is 10.6. The predicted molar refractivity (Wildman–Crippen MR) is 58.5 cm³/mol. The Morgan fingerprint density at radius 3 is 2.88 bits per heavy atom. The van der Waals surface area contributed by atoms with E-state index in [0.717, 1.165) is 0 Å². The molecular weight excluding hydrogens is 210 g/mol. The topological polar surface area (TPSA) is 99.1 Å². The highest BCUT2D eigenvalue weighted by molar-refractivity contribution is 5.76. The third-order valence-corrected chi connectivity index (χ3v) is 1.91. The first-order chi connectivity index (χ1) is 7.50. The lowest BCUT2D eigenvalue weighted by molar-refractivity contribution is -0.385. The van der Waals surface area contributed by atoms with Gasteiger partial charge in [0.2, 0.25) is 5.91 Å². The van der Waals surface area contributed by atoms with Gasteiger partial charge < -0.3 is 5.73 Å². The number of nitrogens with two attached hydrogens (primary N) is 1. The summed E-state index contributed by atoms with van der Waals surface area (Å²) >= 11 is 0. The van der Waals surface area contributed by atoms with Crippen LogP contribution in [0.15, 0.2) is 18.3 Å². The highest BCUT2D eigenvalue weighted by atomic mass is 16.6. The molecule has 0 bridgehead atoms. The summed E-state index contributed by atoms with van der Waals surface area (Å²) in [6, 6.07) is 1.58. The molecule has 0 saturated carbocycles. The number of nitrogens with zero attached hydrogens (tertiary/aromatic N) is 2. The van der Waals surface area contributed by atoms with E-state index in [0.29, 0.717) is 11.3 Å². The largest absolute Gasteiger partial charge is 0.369 e. The second-order valence-electron chi connectivity index (χ2n) is 3.23. The Morgan fingerprint density at radius 1 is 1.69 bits per heavy atom. The van der Waals surface area contributed by atoms with E-state index in [1.54, 1.807) is 25.1 Å². The van der Waals surface area contributed by atoms with Gasteiger partial charge in [-0.15, -0.1) is 0 Å². The molecule has 1 rings (SSSR count). The van der Waals surface area contributed by atoms with Crippen molar-refractivity contribution in [2.45, 2.75) is 13.3 Å². The predicted octanol–water partition coefficient (Wildman–Crippen LogP) is 1.19. The van der Waals surface area contributed by atoms with Crippen LogP contribution >= 0.6 is 0 Å². The van der Waals surface area contributed by atoms with E-state index in [1.165, 1.54) is 6.20 Å². The first-order valence-corrected chi connectivity index (χ1v) is 4.56. The van der Waals surface area contributed by atoms with Crippen molar-refractivity contribution in [2.75, 3.05) is 0 Å². The van der Waals surface area contributed by atoms with E-state index in [4.69, 9.17) is 5.73 Å². The van der Waals surface area contributed by atoms with Crippen LogP contribution < -0.4 is 5.73 Å². The van der Waals surface area contributed by atoms with Gasteiger partial charge in [-0.2, -0.15) is 0 Å². The number of amides is 1. The van der Waals surface area contributed by atoms with E-state index in [9.17, 15) is 14.9 Å². The Balaban J connectivity index is 2.85. The Labute approximate surface area is 91.9 Å². The number of rotatable bonds is 4. The molecule has 0 radical (unpaired) electrons. The molecule has 16 heavy (non-hydrogen) atoms. The number of hydrogen-bond acceptors (Lipinski definition) is 4. The Morgan fingerprint density at radius 2 is 2.38 bits per heavy atom. The zero-order valence-corrected chi connectivity index (χ0v) is 8.71. The molecule has 0 spiro atoms. The molecule has 0 aromatic carbocycles. The van der Waals surface area contributed by atoms with Gasteiger partial charge in [0.15, 0.2) is 0 Å². The van der Waals surface area contributed by atoms with Gasteiger partial charge in [-0.1, -0.05) is 6.08 Å². The van der Waals surface area contributed by atoms with E-state index >= 15 is 0 Å². The van der Waals surface area contributed by atoms with Gasteiger partial charge in [0.25, 0.3) is 5.69 Å². The van der Waals surface area contributed by atoms with Crippen molar-refractivity contribution >= 4 is 17.7 Å². The molecular formula is C10H11N3O3. The molecule has 6 heteroatoms. The molecule has 0 aliphatic heterocycles. The summed E-state index contributed by atoms with van der Waals surface area (Å²) in [7, 11) is 0. The van der Waals surface area contributed by atoms with Crippen LogP contribution in [0, 0.1) is 17.0 Å². The van der Waals surface area contributed by atoms with Gasteiger partial charge in [-0.3, -0.25) is 14.9 Å². The van der Waals surface area contributed by atoms with Crippen molar-refractivity contribution in [2.24, 2.45) is 5.73 Å². The van der Waals surface area contributed by atoms with Crippen molar-refractivity contribution in [1.29, 1.82) is 0 Å². The van der Waals surface area contributed by atoms with Crippen LogP contribution in [0.2, 0.25) is 0 Å². The molecule has 0 saturated heterocycles. The highest BCUT2D eigenvalue weighted by Gasteiger charge is 2.10. The molecule has 0 atom stereocenters. The number of aryl methyl sites for hydroxylation is 1. The molecule has 0 fully saturated rings. The van der Waals surface area contributed by atoms with Crippen LogP contribution in [0.4, 0.5) is 5.69 Å². The third kappa shape index (κ3) is 3.16. The number of hydrogen-bond donors (Lipinski definition) is 1. The molecule has 1 aromatic rings.